The molecule has 2 aliphatic heterocycles. The highest BCUT2D eigenvalue weighted by atomic mass is 31.3. The second-order valence-electron chi connectivity index (χ2n) is 6.50. The van der Waals surface area contributed by atoms with E-state index in [1.807, 2.05) is 0 Å². The summed E-state index contributed by atoms with van der Waals surface area (Å²) in [5, 5.41) is 20.4. The SMILES string of the molecule is COC(=O)COn1c(=O)[nH]c(=O)n([C@@H]2O[C@H](COP3(=O)OP(=O)(O)OP(=O)(O)O3)C(O)[C@@H]2O)c1=O. The fourth-order valence-electron chi connectivity index (χ4n) is 2.71. The Bertz CT molecular complexity index is 1290. The molecule has 35 heavy (non-hydrogen) atoms. The summed E-state index contributed by atoms with van der Waals surface area (Å²) in [6.07, 6.45) is -7.89. The molecule has 6 atom stereocenters. The van der Waals surface area contributed by atoms with Gasteiger partial charge in [-0.05, 0) is 0 Å². The third-order valence-electron chi connectivity index (χ3n) is 4.14. The number of ether oxygens (including phenoxy) is 2. The van der Waals surface area contributed by atoms with Crippen LogP contribution < -0.4 is 21.9 Å². The summed E-state index contributed by atoms with van der Waals surface area (Å²) in [6.45, 7) is -2.07. The third-order valence-corrected chi connectivity index (χ3v) is 9.50. The van der Waals surface area contributed by atoms with Crippen molar-refractivity contribution < 1.29 is 70.3 Å². The average molecular weight is 571 g/mol. The lowest BCUT2D eigenvalue weighted by Gasteiger charge is -2.27. The molecule has 5 N–H and O–H groups in total. The van der Waals surface area contributed by atoms with Crippen molar-refractivity contribution in [2.24, 2.45) is 0 Å². The Kier molecular flexibility index (Phi) is 7.74. The molecule has 24 heteroatoms. The fraction of sp³-hybridized carbons (Fsp3) is 0.636. The first-order valence-corrected chi connectivity index (χ1v) is 13.3. The lowest BCUT2D eigenvalue weighted by Crippen LogP contribution is -2.54. The van der Waals surface area contributed by atoms with Gasteiger partial charge in [-0.1, -0.05) is 4.73 Å². The predicted molar refractivity (Wildman–Crippen MR) is 101 cm³/mol. The van der Waals surface area contributed by atoms with Crippen molar-refractivity contribution in [1.29, 1.82) is 0 Å². The number of esters is 1. The molecule has 3 heterocycles. The molecular formula is C11H16N3O18P3. The molecule has 198 valence electrons. The zero-order valence-electron chi connectivity index (χ0n) is 17.0. The van der Waals surface area contributed by atoms with Crippen LogP contribution in [0, 0.1) is 0 Å². The number of rotatable bonds is 7. The maximum absolute atomic E-state index is 12.6. The molecule has 21 nitrogen and oxygen atoms in total. The van der Waals surface area contributed by atoms with Crippen LogP contribution in [0.25, 0.3) is 0 Å². The summed E-state index contributed by atoms with van der Waals surface area (Å²) < 4.78 is 60.9. The van der Waals surface area contributed by atoms with Crippen LogP contribution in [0.1, 0.15) is 6.23 Å². The Morgan fingerprint density at radius 2 is 1.63 bits per heavy atom. The van der Waals surface area contributed by atoms with Gasteiger partial charge in [0, 0.05) is 0 Å². The second kappa shape index (κ2) is 9.81. The van der Waals surface area contributed by atoms with E-state index in [9.17, 15) is 52.9 Å². The number of nitrogens with zero attached hydrogens (tertiary/aromatic N) is 2. The largest absolute Gasteiger partial charge is 0.492 e. The predicted octanol–water partition coefficient (Wildman–Crippen LogP) is -3.69. The van der Waals surface area contributed by atoms with Crippen molar-refractivity contribution in [1.82, 2.24) is 14.3 Å². The molecule has 0 radical (unpaired) electrons. The van der Waals surface area contributed by atoms with Gasteiger partial charge in [0.2, 0.25) is 6.61 Å². The van der Waals surface area contributed by atoms with Crippen molar-refractivity contribution in [2.45, 2.75) is 24.5 Å². The minimum Gasteiger partial charge on any atom is -0.466 e. The van der Waals surface area contributed by atoms with Crippen molar-refractivity contribution in [3.8, 4) is 0 Å². The first-order chi connectivity index (χ1) is 16.1. The van der Waals surface area contributed by atoms with E-state index in [1.165, 1.54) is 0 Å². The van der Waals surface area contributed by atoms with Crippen LogP contribution in [-0.2, 0) is 45.4 Å². The standard InChI is InChI=1S/C11H16N3O18P3/c1-26-5(15)3-27-14-10(19)12-9(18)13(11(14)20)8-7(17)6(16)4(29-8)2-28-35(25)31-33(21,22)30-34(23,24)32-35/h4,6-8,16-17H,2-3H2,1H3,(H,21,22)(H,23,24)(H,12,18,19)/t4-,6?,7+,8-/m1/s1. The third kappa shape index (κ3) is 6.05. The lowest BCUT2D eigenvalue weighted by molar-refractivity contribution is -0.146. The number of aliphatic hydroxyl groups excluding tert-OH is 2. The monoisotopic (exact) mass is 571 g/mol. The number of carbonyl (C=O) groups excluding carboxylic acids is 1. The highest BCUT2D eigenvalue weighted by molar-refractivity contribution is 7.74. The van der Waals surface area contributed by atoms with E-state index in [0.717, 1.165) is 7.11 Å². The van der Waals surface area contributed by atoms with E-state index in [4.69, 9.17) is 4.74 Å². The number of phosphoric acid groups is 3. The normalized spacial score (nSPS) is 37.2. The van der Waals surface area contributed by atoms with Gasteiger partial charge < -0.3 is 34.3 Å². The quantitative estimate of drug-likeness (QED) is 0.155. The van der Waals surface area contributed by atoms with E-state index in [-0.39, 0.29) is 9.30 Å². The molecule has 0 amide bonds. The van der Waals surface area contributed by atoms with Gasteiger partial charge in [-0.15, -0.1) is 0 Å². The van der Waals surface area contributed by atoms with Crippen LogP contribution >= 0.6 is 23.5 Å². The summed E-state index contributed by atoms with van der Waals surface area (Å²) in [5.41, 5.74) is -4.42. The molecule has 2 saturated heterocycles. The topological polar surface area (TPSA) is 291 Å². The molecule has 0 aliphatic carbocycles. The van der Waals surface area contributed by atoms with E-state index < -0.39 is 84.3 Å². The maximum atomic E-state index is 12.6. The molecule has 2 fully saturated rings. The van der Waals surface area contributed by atoms with E-state index in [0.29, 0.717) is 0 Å². The van der Waals surface area contributed by atoms with Crippen molar-refractivity contribution in [3.63, 3.8) is 0 Å². The Morgan fingerprint density at radius 1 is 1.03 bits per heavy atom. The molecule has 3 rings (SSSR count). The second-order valence-corrected chi connectivity index (χ2v) is 11.5. The Labute approximate surface area is 191 Å². The van der Waals surface area contributed by atoms with Crippen molar-refractivity contribution >= 4 is 29.4 Å². The zero-order chi connectivity index (χ0) is 26.3. The lowest BCUT2D eigenvalue weighted by atomic mass is 10.1. The average Bonchev–Trinajstić information content (AvgIpc) is 2.97. The van der Waals surface area contributed by atoms with Crippen LogP contribution in [0.5, 0.6) is 0 Å². The molecular weight excluding hydrogens is 555 g/mol. The number of aromatic amines is 1. The molecule has 0 saturated carbocycles. The highest BCUT2D eigenvalue weighted by Crippen LogP contribution is 2.80. The highest BCUT2D eigenvalue weighted by Gasteiger charge is 2.55. The van der Waals surface area contributed by atoms with Gasteiger partial charge in [0.25, 0.3) is 0 Å². The first-order valence-electron chi connectivity index (χ1n) is 8.82. The molecule has 3 unspecified atom stereocenters. The van der Waals surface area contributed by atoms with Gasteiger partial charge in [-0.2, -0.15) is 12.9 Å². The summed E-state index contributed by atoms with van der Waals surface area (Å²) >= 11 is 0. The zero-order valence-corrected chi connectivity index (χ0v) is 19.6. The van der Waals surface area contributed by atoms with E-state index >= 15 is 0 Å². The van der Waals surface area contributed by atoms with Crippen LogP contribution in [0.2, 0.25) is 0 Å². The molecule has 2 aliphatic rings. The summed E-state index contributed by atoms with van der Waals surface area (Å²) in [5.74, 6) is -1.01. The number of aliphatic hydroxyl groups is 2. The smallest absolute Gasteiger partial charge is 0.466 e. The molecule has 0 aromatic carbocycles. The number of hydrogen-bond acceptors (Lipinski definition) is 16. The number of H-pyrrole nitrogens is 1. The molecule has 0 bridgehead atoms. The van der Waals surface area contributed by atoms with Crippen LogP contribution in [0.15, 0.2) is 14.4 Å². The van der Waals surface area contributed by atoms with E-state index in [1.54, 1.807) is 4.98 Å². The van der Waals surface area contributed by atoms with E-state index in [2.05, 4.69) is 27.0 Å². The number of methoxy groups -OCH3 is 1. The van der Waals surface area contributed by atoms with Gasteiger partial charge in [0.15, 0.2) is 6.23 Å². The van der Waals surface area contributed by atoms with Gasteiger partial charge in [0.05, 0.1) is 13.7 Å². The fourth-order valence-corrected chi connectivity index (χ4v) is 7.64. The van der Waals surface area contributed by atoms with Gasteiger partial charge in [-0.3, -0.25) is 9.51 Å². The van der Waals surface area contributed by atoms with Crippen molar-refractivity contribution in [3.05, 3.63) is 31.5 Å². The summed E-state index contributed by atoms with van der Waals surface area (Å²) in [7, 11) is -15.0. The van der Waals surface area contributed by atoms with Gasteiger partial charge in [0.1, 0.15) is 18.3 Å². The van der Waals surface area contributed by atoms with Crippen LogP contribution in [0.3, 0.4) is 0 Å². The maximum Gasteiger partial charge on any atom is 0.492 e. The minimum atomic E-state index is -5.37. The van der Waals surface area contributed by atoms with Crippen LogP contribution in [-0.4, -0.2) is 78.9 Å². The number of aromatic nitrogens is 3. The number of nitrogens with one attached hydrogen (secondary N) is 1. The van der Waals surface area contributed by atoms with Gasteiger partial charge in [-0.25, -0.2) is 37.4 Å². The van der Waals surface area contributed by atoms with Crippen molar-refractivity contribution in [2.75, 3.05) is 20.3 Å². The number of carbonyl (C=O) groups is 1. The number of hydrogen-bond donors (Lipinski definition) is 5. The molecule has 0 spiro atoms. The summed E-state index contributed by atoms with van der Waals surface area (Å²) in [6, 6.07) is 0. The van der Waals surface area contributed by atoms with Crippen LogP contribution in [0.4, 0.5) is 0 Å². The summed E-state index contributed by atoms with van der Waals surface area (Å²) in [4.78, 5) is 72.5. The first kappa shape index (κ1) is 27.6. The molecule has 1 aromatic heterocycles. The Morgan fingerprint density at radius 3 is 2.20 bits per heavy atom. The van der Waals surface area contributed by atoms with Gasteiger partial charge >= 0.3 is 46.5 Å². The Balaban J connectivity index is 1.82. The Hall–Kier alpha value is -1.99. The minimum absolute atomic E-state index is 0.0793. The molecule has 1 aromatic rings.